The summed E-state index contributed by atoms with van der Waals surface area (Å²) in [6.07, 6.45) is 15.3. The number of aliphatic hydroxyl groups is 2. The van der Waals surface area contributed by atoms with E-state index in [-0.39, 0.29) is 11.8 Å². The molecule has 0 amide bonds. The maximum Gasteiger partial charge on any atom is 0.0755 e. The molecule has 1 saturated carbocycles. The van der Waals surface area contributed by atoms with Gasteiger partial charge in [0, 0.05) is 0 Å². The van der Waals surface area contributed by atoms with Crippen LogP contribution >= 0.6 is 0 Å². The van der Waals surface area contributed by atoms with E-state index in [0.717, 1.165) is 18.8 Å². The molecule has 0 aromatic carbocycles. The zero-order chi connectivity index (χ0) is 20.7. The van der Waals surface area contributed by atoms with Gasteiger partial charge in [-0.1, -0.05) is 59.1 Å². The molecule has 1 saturated heterocycles. The summed E-state index contributed by atoms with van der Waals surface area (Å²) in [5.74, 6) is 1.60. The van der Waals surface area contributed by atoms with Crippen LogP contribution in [0.3, 0.4) is 0 Å². The molecule has 2 fully saturated rings. The Kier molecular flexibility index (Phi) is 10.00. The molecule has 2 rings (SSSR count). The first-order valence-corrected chi connectivity index (χ1v) is 12.0. The summed E-state index contributed by atoms with van der Waals surface area (Å²) in [5.41, 5.74) is 0. The Morgan fingerprint density at radius 1 is 0.821 bits per heavy atom. The van der Waals surface area contributed by atoms with Gasteiger partial charge >= 0.3 is 0 Å². The highest BCUT2D eigenvalue weighted by atomic mass is 16.5. The zero-order valence-corrected chi connectivity index (χ0v) is 19.0. The summed E-state index contributed by atoms with van der Waals surface area (Å²) in [4.78, 5) is 0. The van der Waals surface area contributed by atoms with Crippen molar-refractivity contribution in [2.45, 2.75) is 117 Å². The van der Waals surface area contributed by atoms with Crippen LogP contribution in [0.1, 0.15) is 92.4 Å². The van der Waals surface area contributed by atoms with Gasteiger partial charge in [-0.05, 0) is 75.0 Å². The van der Waals surface area contributed by atoms with E-state index in [2.05, 4.69) is 33.8 Å². The highest BCUT2D eigenvalue weighted by Crippen LogP contribution is 2.35. The molecule has 3 heteroatoms. The van der Waals surface area contributed by atoms with Gasteiger partial charge in [0.15, 0.2) is 0 Å². The van der Waals surface area contributed by atoms with Crippen molar-refractivity contribution in [1.29, 1.82) is 0 Å². The molecule has 0 aromatic heterocycles. The van der Waals surface area contributed by atoms with Crippen LogP contribution in [0.2, 0.25) is 0 Å². The van der Waals surface area contributed by atoms with Gasteiger partial charge in [-0.3, -0.25) is 0 Å². The molecule has 6 atom stereocenters. The lowest BCUT2D eigenvalue weighted by atomic mass is 9.71. The first-order valence-electron chi connectivity index (χ1n) is 12.0. The first kappa shape index (κ1) is 23.9. The van der Waals surface area contributed by atoms with E-state index in [1.165, 1.54) is 44.9 Å². The molecule has 0 spiro atoms. The van der Waals surface area contributed by atoms with Crippen LogP contribution in [0.15, 0.2) is 12.2 Å². The van der Waals surface area contributed by atoms with Gasteiger partial charge in [0.2, 0.25) is 0 Å². The molecule has 0 radical (unpaired) electrons. The van der Waals surface area contributed by atoms with E-state index in [1.54, 1.807) is 0 Å². The van der Waals surface area contributed by atoms with E-state index < -0.39 is 12.2 Å². The fourth-order valence-corrected chi connectivity index (χ4v) is 5.84. The fourth-order valence-electron chi connectivity index (χ4n) is 5.84. The molecule has 1 heterocycles. The third kappa shape index (κ3) is 6.85. The Bertz CT molecular complexity index is 443. The quantitative estimate of drug-likeness (QED) is 0.490. The van der Waals surface area contributed by atoms with E-state index in [4.69, 9.17) is 4.74 Å². The third-order valence-electron chi connectivity index (χ3n) is 7.23. The van der Waals surface area contributed by atoms with Crippen molar-refractivity contribution in [3.8, 4) is 0 Å². The fraction of sp³-hybridized carbons (Fsp3) is 0.920. The summed E-state index contributed by atoms with van der Waals surface area (Å²) in [6.45, 7) is 10.4. The van der Waals surface area contributed by atoms with Crippen LogP contribution in [0.4, 0.5) is 0 Å². The minimum Gasteiger partial charge on any atom is -0.393 e. The van der Waals surface area contributed by atoms with Gasteiger partial charge in [0.05, 0.1) is 24.4 Å². The number of aliphatic hydroxyl groups excluding tert-OH is 2. The topological polar surface area (TPSA) is 49.7 Å². The highest BCUT2D eigenvalue weighted by molar-refractivity contribution is 4.98. The van der Waals surface area contributed by atoms with Gasteiger partial charge in [0.1, 0.15) is 0 Å². The van der Waals surface area contributed by atoms with E-state index in [0.29, 0.717) is 24.0 Å². The Morgan fingerprint density at radius 2 is 1.46 bits per heavy atom. The average molecular weight is 395 g/mol. The summed E-state index contributed by atoms with van der Waals surface area (Å²) in [6, 6.07) is 0. The van der Waals surface area contributed by atoms with Crippen LogP contribution in [-0.2, 0) is 4.74 Å². The third-order valence-corrected chi connectivity index (χ3v) is 7.23. The smallest absolute Gasteiger partial charge is 0.0755 e. The van der Waals surface area contributed by atoms with E-state index >= 15 is 0 Å². The lowest BCUT2D eigenvalue weighted by molar-refractivity contribution is -0.0820. The molecule has 6 unspecified atom stereocenters. The van der Waals surface area contributed by atoms with Crippen LogP contribution in [0.5, 0.6) is 0 Å². The van der Waals surface area contributed by atoms with Crippen LogP contribution in [0.25, 0.3) is 0 Å². The average Bonchev–Trinajstić information content (AvgIpc) is 2.66. The summed E-state index contributed by atoms with van der Waals surface area (Å²) >= 11 is 0. The normalized spacial score (nSPS) is 29.3. The molecular weight excluding hydrogens is 348 g/mol. The van der Waals surface area contributed by atoms with Crippen molar-refractivity contribution >= 4 is 0 Å². The molecule has 0 aromatic rings. The Balaban J connectivity index is 1.90. The molecule has 0 bridgehead atoms. The minimum atomic E-state index is -0.514. The molecule has 2 aliphatic rings. The van der Waals surface area contributed by atoms with Crippen molar-refractivity contribution in [1.82, 2.24) is 0 Å². The molecular formula is C25H46O3. The van der Waals surface area contributed by atoms with Crippen molar-refractivity contribution in [2.24, 2.45) is 29.6 Å². The summed E-state index contributed by atoms with van der Waals surface area (Å²) < 4.78 is 6.47. The predicted molar refractivity (Wildman–Crippen MR) is 117 cm³/mol. The Morgan fingerprint density at radius 3 is 2.04 bits per heavy atom. The minimum absolute atomic E-state index is 0.0681. The van der Waals surface area contributed by atoms with Crippen LogP contribution in [0, 0.1) is 29.6 Å². The second-order valence-electron chi connectivity index (χ2n) is 10.2. The molecule has 1 aliphatic carbocycles. The van der Waals surface area contributed by atoms with E-state index in [9.17, 15) is 10.2 Å². The molecule has 2 N–H and O–H groups in total. The Labute approximate surface area is 173 Å². The standard InChI is InChI=1S/C25H46O3/c1-17(2)24(19(5)26)25(18(3)4)22(27)15-9-13-21-14-10-16-23(28-21)20-11-7-6-8-12-20/h9,15,17-27H,6-8,10-14,16H2,1-5H3. The predicted octanol–water partition coefficient (Wildman–Crippen LogP) is 5.74. The maximum absolute atomic E-state index is 10.9. The van der Waals surface area contributed by atoms with Crippen molar-refractivity contribution in [3.63, 3.8) is 0 Å². The molecule has 1 aliphatic heterocycles. The lowest BCUT2D eigenvalue weighted by Crippen LogP contribution is -2.39. The SMILES string of the molecule is CC(C)C(C(C)O)C(C(C)C)C(O)C=CCC1CCCC(C2CCCCC2)O1. The van der Waals surface area contributed by atoms with Crippen molar-refractivity contribution in [3.05, 3.63) is 12.2 Å². The van der Waals surface area contributed by atoms with Crippen LogP contribution in [-0.4, -0.2) is 34.6 Å². The second-order valence-corrected chi connectivity index (χ2v) is 10.2. The second kappa shape index (κ2) is 11.7. The Hall–Kier alpha value is -0.380. The monoisotopic (exact) mass is 394 g/mol. The van der Waals surface area contributed by atoms with Gasteiger partial charge in [-0.2, -0.15) is 0 Å². The maximum atomic E-state index is 10.9. The first-order chi connectivity index (χ1) is 13.3. The summed E-state index contributed by atoms with van der Waals surface area (Å²) in [5, 5.41) is 21.2. The van der Waals surface area contributed by atoms with Gasteiger partial charge in [-0.25, -0.2) is 0 Å². The highest BCUT2D eigenvalue weighted by Gasteiger charge is 2.35. The zero-order valence-electron chi connectivity index (χ0n) is 19.0. The van der Waals surface area contributed by atoms with Crippen molar-refractivity contribution < 1.29 is 14.9 Å². The lowest BCUT2D eigenvalue weighted by Gasteiger charge is -2.37. The van der Waals surface area contributed by atoms with Gasteiger partial charge in [-0.15, -0.1) is 0 Å². The van der Waals surface area contributed by atoms with Gasteiger partial charge < -0.3 is 14.9 Å². The largest absolute Gasteiger partial charge is 0.393 e. The van der Waals surface area contributed by atoms with Crippen molar-refractivity contribution in [2.75, 3.05) is 0 Å². The summed E-state index contributed by atoms with van der Waals surface area (Å²) in [7, 11) is 0. The van der Waals surface area contributed by atoms with E-state index in [1.807, 2.05) is 13.0 Å². The van der Waals surface area contributed by atoms with Gasteiger partial charge in [0.25, 0.3) is 0 Å². The number of ether oxygens (including phenoxy) is 1. The number of rotatable bonds is 9. The number of hydrogen-bond donors (Lipinski definition) is 2. The molecule has 3 nitrogen and oxygen atoms in total. The molecule has 164 valence electrons. The van der Waals surface area contributed by atoms with Crippen LogP contribution < -0.4 is 0 Å². The number of hydrogen-bond acceptors (Lipinski definition) is 3. The molecule has 28 heavy (non-hydrogen) atoms.